The molecule has 2 heteroatoms. The van der Waals surface area contributed by atoms with Gasteiger partial charge in [-0.2, -0.15) is 5.10 Å². The first-order valence-electron chi connectivity index (χ1n) is 4.68. The molecule has 0 bridgehead atoms. The minimum absolute atomic E-state index is 0.428. The Morgan fingerprint density at radius 3 is 3.17 bits per heavy atom. The monoisotopic (exact) mass is 164 g/mol. The van der Waals surface area contributed by atoms with E-state index >= 15 is 0 Å². The summed E-state index contributed by atoms with van der Waals surface area (Å²) in [6.07, 6.45) is 5.73. The predicted octanol–water partition coefficient (Wildman–Crippen LogP) is 2.25. The third kappa shape index (κ3) is 1.38. The van der Waals surface area contributed by atoms with Crippen molar-refractivity contribution in [2.75, 3.05) is 0 Å². The molecule has 0 N–H and O–H groups in total. The summed E-state index contributed by atoms with van der Waals surface area (Å²) < 4.78 is 2.16. The topological polar surface area (TPSA) is 17.8 Å². The Labute approximate surface area is 73.6 Å². The molecule has 0 saturated heterocycles. The van der Waals surface area contributed by atoms with Crippen LogP contribution in [-0.2, 0) is 13.0 Å². The summed E-state index contributed by atoms with van der Waals surface area (Å²) in [6, 6.07) is 2.14. The molecule has 1 aromatic rings. The van der Waals surface area contributed by atoms with Gasteiger partial charge in [0, 0.05) is 18.4 Å². The highest BCUT2D eigenvalue weighted by Crippen LogP contribution is 2.28. The Balaban J connectivity index is 2.30. The minimum Gasteiger partial charge on any atom is -0.269 e. The zero-order chi connectivity index (χ0) is 8.60. The van der Waals surface area contributed by atoms with E-state index in [4.69, 9.17) is 0 Å². The zero-order valence-electron chi connectivity index (χ0n) is 7.88. The molecule has 0 atom stereocenters. The van der Waals surface area contributed by atoms with Crippen molar-refractivity contribution in [2.24, 2.45) is 5.41 Å². The maximum absolute atomic E-state index is 4.33. The molecule has 0 fully saturated rings. The Bertz CT molecular complexity index is 273. The van der Waals surface area contributed by atoms with Gasteiger partial charge in [-0.3, -0.25) is 4.68 Å². The molecule has 2 rings (SSSR count). The van der Waals surface area contributed by atoms with E-state index < -0.39 is 0 Å². The third-order valence-corrected chi connectivity index (χ3v) is 2.67. The van der Waals surface area contributed by atoms with E-state index in [-0.39, 0.29) is 0 Å². The highest BCUT2D eigenvalue weighted by atomic mass is 15.3. The van der Waals surface area contributed by atoms with Gasteiger partial charge in [-0.05, 0) is 30.7 Å². The van der Waals surface area contributed by atoms with E-state index in [9.17, 15) is 0 Å². The predicted molar refractivity (Wildman–Crippen MR) is 48.9 cm³/mol. The van der Waals surface area contributed by atoms with Crippen LogP contribution in [-0.4, -0.2) is 9.78 Å². The van der Waals surface area contributed by atoms with Gasteiger partial charge in [0.2, 0.25) is 0 Å². The SMILES string of the molecule is CC1(C)CCCc2ccnn2C1. The molecule has 12 heavy (non-hydrogen) atoms. The summed E-state index contributed by atoms with van der Waals surface area (Å²) in [6.45, 7) is 5.73. The first kappa shape index (κ1) is 7.84. The first-order chi connectivity index (χ1) is 5.67. The maximum atomic E-state index is 4.33. The van der Waals surface area contributed by atoms with E-state index in [1.807, 2.05) is 6.20 Å². The van der Waals surface area contributed by atoms with Crippen molar-refractivity contribution in [3.8, 4) is 0 Å². The second-order valence-corrected chi connectivity index (χ2v) is 4.50. The summed E-state index contributed by atoms with van der Waals surface area (Å²) in [7, 11) is 0. The Hall–Kier alpha value is -0.790. The van der Waals surface area contributed by atoms with Crippen molar-refractivity contribution in [3.05, 3.63) is 18.0 Å². The number of aryl methyl sites for hydroxylation is 1. The maximum Gasteiger partial charge on any atom is 0.0492 e. The van der Waals surface area contributed by atoms with E-state index in [1.54, 1.807) is 0 Å². The lowest BCUT2D eigenvalue weighted by atomic mass is 9.88. The second-order valence-electron chi connectivity index (χ2n) is 4.50. The number of aromatic nitrogens is 2. The third-order valence-electron chi connectivity index (χ3n) is 2.67. The van der Waals surface area contributed by atoms with Crippen LogP contribution in [0.3, 0.4) is 0 Å². The van der Waals surface area contributed by atoms with E-state index in [0.29, 0.717) is 5.41 Å². The lowest BCUT2D eigenvalue weighted by Gasteiger charge is -2.21. The zero-order valence-corrected chi connectivity index (χ0v) is 7.88. The van der Waals surface area contributed by atoms with Crippen molar-refractivity contribution < 1.29 is 0 Å². The van der Waals surface area contributed by atoms with Crippen molar-refractivity contribution in [1.29, 1.82) is 0 Å². The molecule has 1 aliphatic heterocycles. The number of hydrogen-bond donors (Lipinski definition) is 0. The number of nitrogens with zero attached hydrogens (tertiary/aromatic N) is 2. The van der Waals surface area contributed by atoms with Crippen molar-refractivity contribution >= 4 is 0 Å². The smallest absolute Gasteiger partial charge is 0.0492 e. The standard InChI is InChI=1S/C10H16N2/c1-10(2)6-3-4-9-5-7-11-12(9)8-10/h5,7H,3-4,6,8H2,1-2H3. The Morgan fingerprint density at radius 1 is 1.50 bits per heavy atom. The summed E-state index contributed by atoms with van der Waals surface area (Å²) in [4.78, 5) is 0. The van der Waals surface area contributed by atoms with Crippen molar-refractivity contribution in [2.45, 2.75) is 39.7 Å². The highest BCUT2D eigenvalue weighted by molar-refractivity contribution is 5.02. The molecule has 0 saturated carbocycles. The molecule has 2 heterocycles. The summed E-state index contributed by atoms with van der Waals surface area (Å²) in [5.41, 5.74) is 1.83. The normalized spacial score (nSPS) is 21.5. The minimum atomic E-state index is 0.428. The van der Waals surface area contributed by atoms with Crippen LogP contribution in [0.1, 0.15) is 32.4 Å². The van der Waals surface area contributed by atoms with Gasteiger partial charge in [-0.1, -0.05) is 13.8 Å². The van der Waals surface area contributed by atoms with Gasteiger partial charge in [0.15, 0.2) is 0 Å². The van der Waals surface area contributed by atoms with Crippen molar-refractivity contribution in [1.82, 2.24) is 9.78 Å². The fourth-order valence-electron chi connectivity index (χ4n) is 1.95. The number of hydrogen-bond acceptors (Lipinski definition) is 1. The fourth-order valence-corrected chi connectivity index (χ4v) is 1.95. The van der Waals surface area contributed by atoms with Gasteiger partial charge >= 0.3 is 0 Å². The molecule has 2 nitrogen and oxygen atoms in total. The average Bonchev–Trinajstić information content (AvgIpc) is 2.31. The molecule has 0 radical (unpaired) electrons. The van der Waals surface area contributed by atoms with Crippen LogP contribution in [0.4, 0.5) is 0 Å². The quantitative estimate of drug-likeness (QED) is 0.575. The lowest BCUT2D eigenvalue weighted by molar-refractivity contribution is 0.277. The van der Waals surface area contributed by atoms with Gasteiger partial charge in [0.05, 0.1) is 0 Å². The Kier molecular flexibility index (Phi) is 1.71. The second kappa shape index (κ2) is 2.61. The number of rotatable bonds is 0. The van der Waals surface area contributed by atoms with E-state index in [2.05, 4.69) is 29.7 Å². The first-order valence-corrected chi connectivity index (χ1v) is 4.68. The molecule has 0 unspecified atom stereocenters. The molecule has 0 spiro atoms. The van der Waals surface area contributed by atoms with Gasteiger partial charge in [-0.25, -0.2) is 0 Å². The summed E-state index contributed by atoms with van der Waals surface area (Å²) >= 11 is 0. The van der Waals surface area contributed by atoms with Crippen LogP contribution in [0.5, 0.6) is 0 Å². The molecule has 1 aromatic heterocycles. The average molecular weight is 164 g/mol. The van der Waals surface area contributed by atoms with Gasteiger partial charge in [-0.15, -0.1) is 0 Å². The van der Waals surface area contributed by atoms with Crippen LogP contribution in [0, 0.1) is 5.41 Å². The van der Waals surface area contributed by atoms with Crippen LogP contribution in [0.25, 0.3) is 0 Å². The lowest BCUT2D eigenvalue weighted by Crippen LogP contribution is -2.18. The Morgan fingerprint density at radius 2 is 2.33 bits per heavy atom. The van der Waals surface area contributed by atoms with Crippen LogP contribution in [0.15, 0.2) is 12.3 Å². The molecule has 66 valence electrons. The molecular weight excluding hydrogens is 148 g/mol. The van der Waals surface area contributed by atoms with Gasteiger partial charge in [0.25, 0.3) is 0 Å². The van der Waals surface area contributed by atoms with E-state index in [0.717, 1.165) is 6.54 Å². The number of fused-ring (bicyclic) bond motifs is 1. The van der Waals surface area contributed by atoms with Crippen LogP contribution < -0.4 is 0 Å². The molecule has 0 aromatic carbocycles. The highest BCUT2D eigenvalue weighted by Gasteiger charge is 2.22. The summed E-state index contributed by atoms with van der Waals surface area (Å²) in [5, 5.41) is 4.33. The summed E-state index contributed by atoms with van der Waals surface area (Å²) in [5.74, 6) is 0. The molecule has 0 amide bonds. The molecule has 1 aliphatic rings. The van der Waals surface area contributed by atoms with Gasteiger partial charge in [0.1, 0.15) is 0 Å². The van der Waals surface area contributed by atoms with Gasteiger partial charge < -0.3 is 0 Å². The molecular formula is C10H16N2. The van der Waals surface area contributed by atoms with Crippen molar-refractivity contribution in [3.63, 3.8) is 0 Å². The van der Waals surface area contributed by atoms with E-state index in [1.165, 1.54) is 25.0 Å². The molecule has 0 aliphatic carbocycles. The largest absolute Gasteiger partial charge is 0.269 e. The van der Waals surface area contributed by atoms with Crippen LogP contribution >= 0.6 is 0 Å². The van der Waals surface area contributed by atoms with Crippen LogP contribution in [0.2, 0.25) is 0 Å². The fraction of sp³-hybridized carbons (Fsp3) is 0.700.